The molecule has 0 aromatic rings. The molecule has 2 nitrogen and oxygen atoms in total. The number of carbonyl (C=O) groups excluding carboxylic acids is 1. The summed E-state index contributed by atoms with van der Waals surface area (Å²) in [6.07, 6.45) is 7.02. The number of hydrogen-bond donors (Lipinski definition) is 0. The summed E-state index contributed by atoms with van der Waals surface area (Å²) in [5, 5.41) is 0. The van der Waals surface area contributed by atoms with Gasteiger partial charge in [-0.1, -0.05) is 37.6 Å². The summed E-state index contributed by atoms with van der Waals surface area (Å²) in [7, 11) is 1.45. The lowest BCUT2D eigenvalue weighted by atomic mass is 9.69. The molecule has 0 aromatic carbocycles. The van der Waals surface area contributed by atoms with Crippen molar-refractivity contribution >= 4 is 5.97 Å². The Morgan fingerprint density at radius 2 is 2.21 bits per heavy atom. The Balaban J connectivity index is 3.15. The van der Waals surface area contributed by atoms with Crippen molar-refractivity contribution in [3.05, 3.63) is 23.8 Å². The first kappa shape index (κ1) is 11.0. The van der Waals surface area contributed by atoms with Crippen molar-refractivity contribution in [2.45, 2.75) is 27.2 Å². The van der Waals surface area contributed by atoms with Gasteiger partial charge in [-0.25, -0.2) is 0 Å². The lowest BCUT2D eigenvalue weighted by molar-refractivity contribution is -0.149. The predicted octanol–water partition coefficient (Wildman–Crippen LogP) is 2.71. The molecule has 0 aromatic heterocycles. The van der Waals surface area contributed by atoms with Crippen LogP contribution in [0.4, 0.5) is 0 Å². The number of esters is 1. The third-order valence-electron chi connectivity index (χ3n) is 3.03. The lowest BCUT2D eigenvalue weighted by Gasteiger charge is -2.34. The van der Waals surface area contributed by atoms with Gasteiger partial charge in [-0.3, -0.25) is 4.79 Å². The van der Waals surface area contributed by atoms with Crippen molar-refractivity contribution in [1.29, 1.82) is 0 Å². The first-order valence-electron chi connectivity index (χ1n) is 4.99. The second-order valence-corrected chi connectivity index (χ2v) is 4.04. The maximum absolute atomic E-state index is 11.8. The number of hydrogen-bond acceptors (Lipinski definition) is 2. The topological polar surface area (TPSA) is 26.3 Å². The minimum atomic E-state index is -0.535. The zero-order valence-corrected chi connectivity index (χ0v) is 9.33. The van der Waals surface area contributed by atoms with Gasteiger partial charge in [0.2, 0.25) is 0 Å². The third-order valence-corrected chi connectivity index (χ3v) is 3.03. The Bertz CT molecular complexity index is 287. The summed E-state index contributed by atoms with van der Waals surface area (Å²) in [5.74, 6) is 0.0694. The summed E-state index contributed by atoms with van der Waals surface area (Å²) in [6, 6.07) is 0. The molecule has 1 atom stereocenters. The average Bonchev–Trinajstić information content (AvgIpc) is 2.17. The monoisotopic (exact) mass is 194 g/mol. The Morgan fingerprint density at radius 3 is 2.64 bits per heavy atom. The smallest absolute Gasteiger partial charge is 0.320 e. The van der Waals surface area contributed by atoms with Crippen molar-refractivity contribution in [2.24, 2.45) is 11.3 Å². The molecule has 0 spiro atoms. The second kappa shape index (κ2) is 3.99. The molecule has 78 valence electrons. The van der Waals surface area contributed by atoms with Crippen molar-refractivity contribution in [2.75, 3.05) is 7.11 Å². The fraction of sp³-hybridized carbons (Fsp3) is 0.583. The third kappa shape index (κ3) is 1.49. The van der Waals surface area contributed by atoms with E-state index in [0.29, 0.717) is 0 Å². The molecule has 0 N–H and O–H groups in total. The summed E-state index contributed by atoms with van der Waals surface area (Å²) in [4.78, 5) is 11.8. The van der Waals surface area contributed by atoms with Gasteiger partial charge in [0.15, 0.2) is 0 Å². The van der Waals surface area contributed by atoms with E-state index < -0.39 is 5.41 Å². The molecule has 0 radical (unpaired) electrons. The van der Waals surface area contributed by atoms with Gasteiger partial charge in [0.25, 0.3) is 0 Å². The van der Waals surface area contributed by atoms with E-state index in [0.717, 1.165) is 12.0 Å². The Hall–Kier alpha value is -1.05. The summed E-state index contributed by atoms with van der Waals surface area (Å²) >= 11 is 0. The van der Waals surface area contributed by atoms with Crippen LogP contribution in [0.1, 0.15) is 27.2 Å². The number of methoxy groups -OCH3 is 1. The van der Waals surface area contributed by atoms with Crippen LogP contribution in [0.2, 0.25) is 0 Å². The van der Waals surface area contributed by atoms with Crippen LogP contribution in [0, 0.1) is 11.3 Å². The van der Waals surface area contributed by atoms with Gasteiger partial charge in [0, 0.05) is 0 Å². The molecule has 1 rings (SSSR count). The molecule has 0 fully saturated rings. The molecule has 0 saturated carbocycles. The van der Waals surface area contributed by atoms with Crippen LogP contribution in [0.5, 0.6) is 0 Å². The SMILES string of the molecule is COC(=O)[C@@]1(C(C)C)C=CCC=C1C. The highest BCUT2D eigenvalue weighted by Crippen LogP contribution is 2.40. The van der Waals surface area contributed by atoms with Gasteiger partial charge in [-0.2, -0.15) is 0 Å². The predicted molar refractivity (Wildman–Crippen MR) is 56.8 cm³/mol. The standard InChI is InChI=1S/C12H18O2/c1-9(2)12(11(13)14-4)8-6-5-7-10(12)3/h6-9H,5H2,1-4H3/t12-/m1/s1. The molecule has 2 heteroatoms. The highest BCUT2D eigenvalue weighted by molar-refractivity contribution is 5.83. The van der Waals surface area contributed by atoms with Crippen molar-refractivity contribution < 1.29 is 9.53 Å². The average molecular weight is 194 g/mol. The molecule has 0 bridgehead atoms. The summed E-state index contributed by atoms with van der Waals surface area (Å²) in [5.41, 5.74) is 0.564. The van der Waals surface area contributed by atoms with Crippen LogP contribution in [0.3, 0.4) is 0 Å². The molecule has 14 heavy (non-hydrogen) atoms. The van der Waals surface area contributed by atoms with Gasteiger partial charge in [0.1, 0.15) is 5.41 Å². The minimum absolute atomic E-state index is 0.155. The maximum atomic E-state index is 11.8. The molecule has 0 saturated heterocycles. The molecular formula is C12H18O2. The molecule has 0 heterocycles. The number of allylic oxidation sites excluding steroid dienone is 2. The lowest BCUT2D eigenvalue weighted by Crippen LogP contribution is -2.37. The Kier molecular flexibility index (Phi) is 3.14. The van der Waals surface area contributed by atoms with Gasteiger partial charge in [-0.05, 0) is 19.3 Å². The van der Waals surface area contributed by atoms with Gasteiger partial charge in [0.05, 0.1) is 7.11 Å². The van der Waals surface area contributed by atoms with Crippen LogP contribution in [-0.2, 0) is 9.53 Å². The Morgan fingerprint density at radius 1 is 1.57 bits per heavy atom. The molecule has 1 aliphatic rings. The molecular weight excluding hydrogens is 176 g/mol. The molecule has 0 aliphatic heterocycles. The Labute approximate surface area is 85.6 Å². The first-order valence-corrected chi connectivity index (χ1v) is 4.99. The van der Waals surface area contributed by atoms with E-state index in [1.54, 1.807) is 0 Å². The molecule has 0 amide bonds. The fourth-order valence-electron chi connectivity index (χ4n) is 2.08. The number of ether oxygens (including phenoxy) is 1. The van der Waals surface area contributed by atoms with Crippen LogP contribution in [0.15, 0.2) is 23.8 Å². The number of carbonyl (C=O) groups is 1. The van der Waals surface area contributed by atoms with E-state index in [-0.39, 0.29) is 11.9 Å². The van der Waals surface area contributed by atoms with Crippen LogP contribution in [0.25, 0.3) is 0 Å². The van der Waals surface area contributed by atoms with E-state index in [4.69, 9.17) is 4.74 Å². The van der Waals surface area contributed by atoms with E-state index >= 15 is 0 Å². The number of rotatable bonds is 2. The first-order chi connectivity index (χ1) is 6.55. The van der Waals surface area contributed by atoms with E-state index in [9.17, 15) is 4.79 Å². The van der Waals surface area contributed by atoms with Crippen molar-refractivity contribution in [1.82, 2.24) is 0 Å². The highest BCUT2D eigenvalue weighted by atomic mass is 16.5. The van der Waals surface area contributed by atoms with Crippen LogP contribution < -0.4 is 0 Å². The van der Waals surface area contributed by atoms with E-state index in [2.05, 4.69) is 6.08 Å². The molecule has 0 unspecified atom stereocenters. The zero-order chi connectivity index (χ0) is 10.8. The summed E-state index contributed by atoms with van der Waals surface area (Å²) in [6.45, 7) is 6.09. The van der Waals surface area contributed by atoms with Crippen LogP contribution in [-0.4, -0.2) is 13.1 Å². The second-order valence-electron chi connectivity index (χ2n) is 4.04. The minimum Gasteiger partial charge on any atom is -0.468 e. The zero-order valence-electron chi connectivity index (χ0n) is 9.33. The normalized spacial score (nSPS) is 26.2. The van der Waals surface area contributed by atoms with E-state index in [1.807, 2.05) is 32.9 Å². The van der Waals surface area contributed by atoms with Crippen LogP contribution >= 0.6 is 0 Å². The fourth-order valence-corrected chi connectivity index (χ4v) is 2.08. The van der Waals surface area contributed by atoms with Gasteiger partial charge < -0.3 is 4.74 Å². The van der Waals surface area contributed by atoms with Gasteiger partial charge >= 0.3 is 5.97 Å². The quantitative estimate of drug-likeness (QED) is 0.499. The maximum Gasteiger partial charge on any atom is 0.320 e. The van der Waals surface area contributed by atoms with Crippen molar-refractivity contribution in [3.63, 3.8) is 0 Å². The van der Waals surface area contributed by atoms with Gasteiger partial charge in [-0.15, -0.1) is 0 Å². The molecule has 1 aliphatic carbocycles. The largest absolute Gasteiger partial charge is 0.468 e. The van der Waals surface area contributed by atoms with Crippen molar-refractivity contribution in [3.8, 4) is 0 Å². The highest BCUT2D eigenvalue weighted by Gasteiger charge is 2.42. The summed E-state index contributed by atoms with van der Waals surface area (Å²) < 4.78 is 4.89. The van der Waals surface area contributed by atoms with E-state index in [1.165, 1.54) is 7.11 Å².